The maximum absolute atomic E-state index is 10.5. The number of ether oxygens (including phenoxy) is 4. The molecule has 220 valence electrons. The minimum Gasteiger partial charge on any atom is -0.508 e. The lowest BCUT2D eigenvalue weighted by Gasteiger charge is -2.41. The lowest BCUT2D eigenvalue weighted by Crippen LogP contribution is -2.60. The van der Waals surface area contributed by atoms with Crippen LogP contribution in [0.1, 0.15) is 11.1 Å². The summed E-state index contributed by atoms with van der Waals surface area (Å²) in [6.07, 6.45) is -13.4. The number of aliphatic hydroxyl groups excluding tert-OH is 8. The molecule has 14 heteroatoms. The molecule has 0 bridgehead atoms. The highest BCUT2D eigenvalue weighted by atomic mass is 16.7. The highest BCUT2D eigenvalue weighted by Gasteiger charge is 2.47. The number of phenolic OH excluding ortho intramolecular Hbond substituents is 2. The molecule has 40 heavy (non-hydrogen) atoms. The molecular weight excluding hydrogens is 536 g/mol. The molecule has 2 aromatic rings. The fourth-order valence-corrected chi connectivity index (χ4v) is 4.29. The fraction of sp³-hybridized carbons (Fsp3) is 0.462. The second-order valence-electron chi connectivity index (χ2n) is 9.42. The van der Waals surface area contributed by atoms with Gasteiger partial charge in [0.1, 0.15) is 60.3 Å². The third-order valence-corrected chi connectivity index (χ3v) is 6.59. The van der Waals surface area contributed by atoms with Gasteiger partial charge in [0.2, 0.25) is 12.6 Å². The quantitative estimate of drug-likeness (QED) is 0.150. The molecule has 2 heterocycles. The molecule has 0 saturated carbocycles. The number of rotatable bonds is 8. The Balaban J connectivity index is 1.73. The number of hydrogen-bond acceptors (Lipinski definition) is 14. The van der Waals surface area contributed by atoms with Gasteiger partial charge in [-0.1, -0.05) is 24.3 Å². The van der Waals surface area contributed by atoms with Crippen LogP contribution in [-0.2, 0) is 9.47 Å². The normalized spacial score (nSPS) is 34.6. The van der Waals surface area contributed by atoms with Crippen molar-refractivity contribution in [2.75, 3.05) is 13.2 Å². The molecule has 0 radical (unpaired) electrons. The van der Waals surface area contributed by atoms with Crippen molar-refractivity contribution in [3.63, 3.8) is 0 Å². The maximum atomic E-state index is 10.5. The largest absolute Gasteiger partial charge is 0.508 e. The van der Waals surface area contributed by atoms with E-state index in [1.807, 2.05) is 0 Å². The van der Waals surface area contributed by atoms with Crippen molar-refractivity contribution in [2.24, 2.45) is 0 Å². The Labute approximate surface area is 227 Å². The zero-order chi connectivity index (χ0) is 29.1. The first-order valence-electron chi connectivity index (χ1n) is 12.3. The van der Waals surface area contributed by atoms with E-state index < -0.39 is 74.6 Å². The molecule has 10 atom stereocenters. The summed E-state index contributed by atoms with van der Waals surface area (Å²) in [5.74, 6) is -0.858. The summed E-state index contributed by atoms with van der Waals surface area (Å²) >= 11 is 0. The monoisotopic (exact) mass is 568 g/mol. The molecule has 2 aliphatic rings. The lowest BCUT2D eigenvalue weighted by atomic mass is 9.99. The topological polar surface area (TPSA) is 239 Å². The van der Waals surface area contributed by atoms with Crippen molar-refractivity contribution in [1.29, 1.82) is 0 Å². The van der Waals surface area contributed by atoms with E-state index in [-0.39, 0.29) is 28.6 Å². The van der Waals surface area contributed by atoms with E-state index in [0.29, 0.717) is 5.56 Å². The SMILES string of the molecule is OC[C@H]1O[C@@H](Oc2cc(O)cc(/C=C/c3ccc(O)cc3)c2O[C@@H]2O[C@H](CO)[C@@H](O)[C@H](O)[C@H]2O)[C@H](O)[C@@H](O)[C@@H]1O. The second-order valence-corrected chi connectivity index (χ2v) is 9.42. The number of phenols is 2. The van der Waals surface area contributed by atoms with Gasteiger partial charge in [-0.3, -0.25) is 0 Å². The molecule has 0 spiro atoms. The van der Waals surface area contributed by atoms with Crippen LogP contribution in [0.4, 0.5) is 0 Å². The third-order valence-electron chi connectivity index (χ3n) is 6.59. The Morgan fingerprint density at radius 2 is 1.15 bits per heavy atom. The summed E-state index contributed by atoms with van der Waals surface area (Å²) in [6.45, 7) is -1.44. The van der Waals surface area contributed by atoms with Gasteiger partial charge in [-0.05, 0) is 23.8 Å². The minimum atomic E-state index is -1.81. The van der Waals surface area contributed by atoms with Crippen LogP contribution < -0.4 is 9.47 Å². The van der Waals surface area contributed by atoms with Gasteiger partial charge >= 0.3 is 0 Å². The first kappa shape index (κ1) is 30.0. The van der Waals surface area contributed by atoms with E-state index in [0.717, 1.165) is 6.07 Å². The van der Waals surface area contributed by atoms with Gasteiger partial charge < -0.3 is 70.0 Å². The molecule has 0 aromatic heterocycles. The zero-order valence-corrected chi connectivity index (χ0v) is 20.9. The van der Waals surface area contributed by atoms with Crippen molar-refractivity contribution in [3.8, 4) is 23.0 Å². The van der Waals surface area contributed by atoms with E-state index in [4.69, 9.17) is 18.9 Å². The van der Waals surface area contributed by atoms with Gasteiger partial charge in [0, 0.05) is 11.6 Å². The standard InChI is InChI=1S/C26H32O14/c27-9-16-18(31)20(33)22(35)25(38-16)37-15-8-14(30)7-12(4-1-11-2-5-13(29)6-3-11)24(15)40-26-23(36)21(34)19(32)17(10-28)39-26/h1-8,16-23,25-36H,9-10H2/b4-1+/t16-,17-,18-,19-,20+,21+,22-,23-,25-,26+/m1/s1. The minimum absolute atomic E-state index is 0.0383. The third kappa shape index (κ3) is 6.31. The molecular formula is C26H32O14. The molecule has 2 fully saturated rings. The van der Waals surface area contributed by atoms with E-state index in [1.54, 1.807) is 18.2 Å². The molecule has 14 nitrogen and oxygen atoms in total. The lowest BCUT2D eigenvalue weighted by molar-refractivity contribution is -0.282. The van der Waals surface area contributed by atoms with E-state index in [1.165, 1.54) is 24.3 Å². The average Bonchev–Trinajstić information content (AvgIpc) is 2.94. The van der Waals surface area contributed by atoms with Gasteiger partial charge in [-0.15, -0.1) is 0 Å². The molecule has 2 aliphatic heterocycles. The first-order chi connectivity index (χ1) is 19.0. The maximum Gasteiger partial charge on any atom is 0.229 e. The van der Waals surface area contributed by atoms with Crippen LogP contribution in [0.5, 0.6) is 23.0 Å². The van der Waals surface area contributed by atoms with Crippen LogP contribution in [-0.4, -0.2) is 126 Å². The van der Waals surface area contributed by atoms with Gasteiger partial charge in [0.05, 0.1) is 13.2 Å². The van der Waals surface area contributed by atoms with Crippen molar-refractivity contribution >= 4 is 12.2 Å². The Morgan fingerprint density at radius 3 is 1.68 bits per heavy atom. The molecule has 4 rings (SSSR count). The van der Waals surface area contributed by atoms with Crippen LogP contribution in [0.3, 0.4) is 0 Å². The predicted molar refractivity (Wildman–Crippen MR) is 134 cm³/mol. The van der Waals surface area contributed by atoms with Gasteiger partial charge in [-0.2, -0.15) is 0 Å². The Bertz CT molecular complexity index is 1150. The summed E-state index contributed by atoms with van der Waals surface area (Å²) in [5, 5.41) is 100. The summed E-state index contributed by atoms with van der Waals surface area (Å²) in [5.41, 5.74) is 0.737. The Morgan fingerprint density at radius 1 is 0.625 bits per heavy atom. The molecule has 2 aromatic carbocycles. The predicted octanol–water partition coefficient (Wildman–Crippen LogP) is -2.37. The first-order valence-corrected chi connectivity index (χ1v) is 12.3. The summed E-state index contributed by atoms with van der Waals surface area (Å²) in [7, 11) is 0. The Kier molecular flexibility index (Phi) is 9.48. The summed E-state index contributed by atoms with van der Waals surface area (Å²) in [6, 6.07) is 8.38. The van der Waals surface area contributed by atoms with Crippen LogP contribution in [0.15, 0.2) is 36.4 Å². The van der Waals surface area contributed by atoms with E-state index >= 15 is 0 Å². The van der Waals surface area contributed by atoms with Crippen LogP contribution in [0.2, 0.25) is 0 Å². The number of benzene rings is 2. The number of aliphatic hydroxyl groups is 8. The van der Waals surface area contributed by atoms with Crippen molar-refractivity contribution in [1.82, 2.24) is 0 Å². The highest BCUT2D eigenvalue weighted by Crippen LogP contribution is 2.40. The van der Waals surface area contributed by atoms with E-state index in [2.05, 4.69) is 0 Å². The Hall–Kier alpha value is -3.02. The number of hydrogen-bond donors (Lipinski definition) is 10. The smallest absolute Gasteiger partial charge is 0.229 e. The molecule has 0 amide bonds. The summed E-state index contributed by atoms with van der Waals surface area (Å²) < 4.78 is 22.4. The summed E-state index contributed by atoms with van der Waals surface area (Å²) in [4.78, 5) is 0. The zero-order valence-electron chi connectivity index (χ0n) is 20.9. The molecule has 10 N–H and O–H groups in total. The second kappa shape index (κ2) is 12.7. The van der Waals surface area contributed by atoms with Crippen LogP contribution in [0.25, 0.3) is 12.2 Å². The van der Waals surface area contributed by atoms with Crippen molar-refractivity contribution in [2.45, 2.75) is 61.4 Å². The van der Waals surface area contributed by atoms with Gasteiger partial charge in [-0.25, -0.2) is 0 Å². The molecule has 2 saturated heterocycles. The van der Waals surface area contributed by atoms with Crippen LogP contribution in [0, 0.1) is 0 Å². The molecule has 0 unspecified atom stereocenters. The fourth-order valence-electron chi connectivity index (χ4n) is 4.29. The highest BCUT2D eigenvalue weighted by molar-refractivity contribution is 5.75. The van der Waals surface area contributed by atoms with Crippen molar-refractivity contribution in [3.05, 3.63) is 47.5 Å². The average molecular weight is 569 g/mol. The van der Waals surface area contributed by atoms with Crippen LogP contribution >= 0.6 is 0 Å². The van der Waals surface area contributed by atoms with Crippen molar-refractivity contribution < 1.29 is 70.0 Å². The molecule has 0 aliphatic carbocycles. The van der Waals surface area contributed by atoms with Gasteiger partial charge in [0.25, 0.3) is 0 Å². The van der Waals surface area contributed by atoms with E-state index in [9.17, 15) is 51.1 Å². The van der Waals surface area contributed by atoms with Gasteiger partial charge in [0.15, 0.2) is 11.5 Å². The number of aromatic hydroxyl groups is 2.